The number of amides is 1. The molecule has 0 radical (unpaired) electrons. The first kappa shape index (κ1) is 19.0. The summed E-state index contributed by atoms with van der Waals surface area (Å²) in [5.74, 6) is 1.97. The van der Waals surface area contributed by atoms with Crippen LogP contribution in [0.3, 0.4) is 0 Å². The first-order valence-electron chi connectivity index (χ1n) is 9.00. The fourth-order valence-corrected chi connectivity index (χ4v) is 2.84. The maximum Gasteiger partial charge on any atom is 0.260 e. The topological polar surface area (TPSA) is 57.2 Å². The van der Waals surface area contributed by atoms with Gasteiger partial charge in [0.1, 0.15) is 18.5 Å². The minimum Gasteiger partial charge on any atom is -0.493 e. The van der Waals surface area contributed by atoms with Crippen molar-refractivity contribution in [2.24, 2.45) is 0 Å². The summed E-state index contributed by atoms with van der Waals surface area (Å²) in [5, 5.41) is 0. The summed E-state index contributed by atoms with van der Waals surface area (Å²) in [4.78, 5) is 14.2. The van der Waals surface area contributed by atoms with E-state index in [1.165, 1.54) is 0 Å². The van der Waals surface area contributed by atoms with Crippen LogP contribution in [-0.4, -0.2) is 56.9 Å². The van der Waals surface area contributed by atoms with Crippen molar-refractivity contribution < 1.29 is 23.7 Å². The molecule has 2 aromatic carbocycles. The predicted octanol–water partition coefficient (Wildman–Crippen LogP) is 2.69. The second-order valence-corrected chi connectivity index (χ2v) is 6.40. The molecule has 0 spiro atoms. The molecule has 0 bridgehead atoms. The fourth-order valence-electron chi connectivity index (χ4n) is 2.84. The van der Waals surface area contributed by atoms with Crippen LogP contribution in [0.25, 0.3) is 0 Å². The van der Waals surface area contributed by atoms with E-state index in [1.807, 2.05) is 55.5 Å². The average molecular weight is 371 g/mol. The Bertz CT molecular complexity index is 746. The molecule has 1 amide bonds. The predicted molar refractivity (Wildman–Crippen MR) is 101 cm³/mol. The summed E-state index contributed by atoms with van der Waals surface area (Å²) in [6.45, 7) is 3.89. The summed E-state index contributed by atoms with van der Waals surface area (Å²) >= 11 is 0. The number of hydrogen-bond donors (Lipinski definition) is 0. The molecule has 6 heteroatoms. The zero-order chi connectivity index (χ0) is 19.1. The summed E-state index contributed by atoms with van der Waals surface area (Å²) in [6, 6.07) is 15.1. The molecule has 0 unspecified atom stereocenters. The largest absolute Gasteiger partial charge is 0.493 e. The number of nitrogens with zero attached hydrogens (tertiary/aromatic N) is 1. The lowest BCUT2D eigenvalue weighted by Crippen LogP contribution is -2.49. The number of ether oxygens (including phenoxy) is 4. The summed E-state index contributed by atoms with van der Waals surface area (Å²) in [5.41, 5.74) is 1.15. The Morgan fingerprint density at radius 2 is 1.85 bits per heavy atom. The number of benzene rings is 2. The molecule has 3 rings (SSSR count). The molecular formula is C21H25NO5. The zero-order valence-corrected chi connectivity index (χ0v) is 15.7. The van der Waals surface area contributed by atoms with Gasteiger partial charge >= 0.3 is 0 Å². The van der Waals surface area contributed by atoms with Crippen LogP contribution in [-0.2, 0) is 9.53 Å². The number of para-hydroxylation sites is 2. The normalized spacial score (nSPS) is 16.7. The van der Waals surface area contributed by atoms with Crippen molar-refractivity contribution in [1.29, 1.82) is 0 Å². The molecule has 27 heavy (non-hydrogen) atoms. The smallest absolute Gasteiger partial charge is 0.260 e. The lowest BCUT2D eigenvalue weighted by atomic mass is 10.2. The Morgan fingerprint density at radius 1 is 1.11 bits per heavy atom. The molecule has 0 aliphatic carbocycles. The molecule has 6 nitrogen and oxygen atoms in total. The van der Waals surface area contributed by atoms with Gasteiger partial charge in [0.25, 0.3) is 5.91 Å². The number of carbonyl (C=O) groups is 1. The highest BCUT2D eigenvalue weighted by Gasteiger charge is 2.25. The van der Waals surface area contributed by atoms with E-state index in [-0.39, 0.29) is 18.6 Å². The Morgan fingerprint density at radius 3 is 2.59 bits per heavy atom. The van der Waals surface area contributed by atoms with Crippen LogP contribution >= 0.6 is 0 Å². The second kappa shape index (κ2) is 9.28. The van der Waals surface area contributed by atoms with Crippen molar-refractivity contribution in [1.82, 2.24) is 4.90 Å². The number of rotatable bonds is 7. The van der Waals surface area contributed by atoms with Crippen molar-refractivity contribution in [3.8, 4) is 17.2 Å². The minimum atomic E-state index is -0.188. The van der Waals surface area contributed by atoms with Crippen LogP contribution in [0.5, 0.6) is 17.2 Å². The van der Waals surface area contributed by atoms with Crippen molar-refractivity contribution in [3.05, 3.63) is 54.1 Å². The van der Waals surface area contributed by atoms with Crippen LogP contribution in [0.1, 0.15) is 5.56 Å². The first-order valence-corrected chi connectivity index (χ1v) is 9.00. The van der Waals surface area contributed by atoms with Crippen LogP contribution in [0.15, 0.2) is 48.5 Å². The van der Waals surface area contributed by atoms with E-state index in [0.717, 1.165) is 5.56 Å². The van der Waals surface area contributed by atoms with Gasteiger partial charge in [0.05, 0.1) is 20.3 Å². The molecular weight excluding hydrogens is 346 g/mol. The van der Waals surface area contributed by atoms with Gasteiger partial charge in [0, 0.05) is 6.54 Å². The number of methoxy groups -OCH3 is 1. The highest BCUT2D eigenvalue weighted by molar-refractivity contribution is 5.77. The summed E-state index contributed by atoms with van der Waals surface area (Å²) in [7, 11) is 1.60. The molecule has 144 valence electrons. The number of morpholine rings is 1. The third-order valence-corrected chi connectivity index (χ3v) is 4.37. The molecule has 2 aromatic rings. The van der Waals surface area contributed by atoms with Crippen molar-refractivity contribution in [3.63, 3.8) is 0 Å². The third kappa shape index (κ3) is 5.37. The maximum atomic E-state index is 12.4. The van der Waals surface area contributed by atoms with E-state index < -0.39 is 0 Å². The van der Waals surface area contributed by atoms with Crippen molar-refractivity contribution in [2.45, 2.75) is 13.0 Å². The van der Waals surface area contributed by atoms with Crippen molar-refractivity contribution in [2.75, 3.05) is 40.0 Å². The standard InChI is InChI=1S/C21H25NO5/c1-16-7-9-17(10-8-16)26-15-21(23)22-11-12-25-18(13-22)14-27-20-6-4-3-5-19(20)24-2/h3-10,18H,11-15H2,1-2H3/t18-/m1/s1. The maximum absolute atomic E-state index is 12.4. The molecule has 1 heterocycles. The van der Waals surface area contributed by atoms with E-state index in [9.17, 15) is 4.79 Å². The van der Waals surface area contributed by atoms with Gasteiger partial charge in [-0.25, -0.2) is 0 Å². The van der Waals surface area contributed by atoms with Gasteiger partial charge in [-0.15, -0.1) is 0 Å². The Labute approximate surface area is 159 Å². The summed E-state index contributed by atoms with van der Waals surface area (Å²) in [6.07, 6.45) is -0.188. The van der Waals surface area contributed by atoms with Crippen LogP contribution < -0.4 is 14.2 Å². The van der Waals surface area contributed by atoms with E-state index in [2.05, 4.69) is 0 Å². The van der Waals surface area contributed by atoms with Crippen LogP contribution in [0, 0.1) is 6.92 Å². The SMILES string of the molecule is COc1ccccc1OC[C@H]1CN(C(=O)COc2ccc(C)cc2)CCO1. The van der Waals surface area contributed by atoms with Crippen molar-refractivity contribution >= 4 is 5.91 Å². The molecule has 0 N–H and O–H groups in total. The third-order valence-electron chi connectivity index (χ3n) is 4.37. The number of hydrogen-bond acceptors (Lipinski definition) is 5. The van der Waals surface area contributed by atoms with Gasteiger partial charge in [-0.1, -0.05) is 29.8 Å². The van der Waals surface area contributed by atoms with Crippen LogP contribution in [0.4, 0.5) is 0 Å². The molecule has 1 fully saturated rings. The van der Waals surface area contributed by atoms with E-state index in [4.69, 9.17) is 18.9 Å². The van der Waals surface area contributed by atoms with E-state index in [1.54, 1.807) is 12.0 Å². The lowest BCUT2D eigenvalue weighted by Gasteiger charge is -2.32. The highest BCUT2D eigenvalue weighted by Crippen LogP contribution is 2.26. The number of carbonyl (C=O) groups excluding carboxylic acids is 1. The first-order chi connectivity index (χ1) is 13.2. The zero-order valence-electron chi connectivity index (χ0n) is 15.7. The van der Waals surface area contributed by atoms with Gasteiger partial charge in [-0.3, -0.25) is 4.79 Å². The van der Waals surface area contributed by atoms with Gasteiger partial charge in [-0.05, 0) is 31.2 Å². The quantitative estimate of drug-likeness (QED) is 0.749. The molecule has 1 saturated heterocycles. The van der Waals surface area contributed by atoms with Gasteiger partial charge in [-0.2, -0.15) is 0 Å². The molecule has 1 atom stereocenters. The Hall–Kier alpha value is -2.73. The minimum absolute atomic E-state index is 0.0170. The number of aryl methyl sites for hydroxylation is 1. The monoisotopic (exact) mass is 371 g/mol. The molecule has 0 saturated carbocycles. The molecule has 0 aromatic heterocycles. The van der Waals surface area contributed by atoms with E-state index >= 15 is 0 Å². The van der Waals surface area contributed by atoms with Crippen LogP contribution in [0.2, 0.25) is 0 Å². The highest BCUT2D eigenvalue weighted by atomic mass is 16.5. The molecule has 1 aliphatic heterocycles. The molecule has 1 aliphatic rings. The van der Waals surface area contributed by atoms with Gasteiger partial charge in [0.15, 0.2) is 18.1 Å². The Kier molecular flexibility index (Phi) is 6.54. The summed E-state index contributed by atoms with van der Waals surface area (Å²) < 4.78 is 22.4. The fraction of sp³-hybridized carbons (Fsp3) is 0.381. The van der Waals surface area contributed by atoms with E-state index in [0.29, 0.717) is 43.6 Å². The van der Waals surface area contributed by atoms with Gasteiger partial charge < -0.3 is 23.8 Å². The Balaban J connectivity index is 1.48. The average Bonchev–Trinajstić information content (AvgIpc) is 2.72. The second-order valence-electron chi connectivity index (χ2n) is 6.40. The van der Waals surface area contributed by atoms with Gasteiger partial charge in [0.2, 0.25) is 0 Å². The lowest BCUT2D eigenvalue weighted by molar-refractivity contribution is -0.142.